The average molecular weight is 244 g/mol. The molecule has 18 heavy (non-hydrogen) atoms. The van der Waals surface area contributed by atoms with Gasteiger partial charge in [-0.25, -0.2) is 4.98 Å². The van der Waals surface area contributed by atoms with Gasteiger partial charge >= 0.3 is 0 Å². The monoisotopic (exact) mass is 244 g/mol. The largest absolute Gasteiger partial charge is 0.335 e. The lowest BCUT2D eigenvalue weighted by Gasteiger charge is -2.12. The van der Waals surface area contributed by atoms with Crippen molar-refractivity contribution in [3.05, 3.63) is 47.8 Å². The Morgan fingerprint density at radius 1 is 1.39 bits per heavy atom. The fraction of sp³-hybridized carbons (Fsp3) is 0.429. The highest BCUT2D eigenvalue weighted by Gasteiger charge is 2.12. The molecule has 1 unspecified atom stereocenters. The summed E-state index contributed by atoms with van der Waals surface area (Å²) < 4.78 is 2.16. The van der Waals surface area contributed by atoms with E-state index in [-0.39, 0.29) is 6.04 Å². The van der Waals surface area contributed by atoms with Gasteiger partial charge < -0.3 is 10.3 Å². The Morgan fingerprint density at radius 2 is 2.22 bits per heavy atom. The van der Waals surface area contributed by atoms with Crippen molar-refractivity contribution in [2.24, 2.45) is 5.73 Å². The lowest BCUT2D eigenvalue weighted by Crippen LogP contribution is -2.18. The van der Waals surface area contributed by atoms with Crippen molar-refractivity contribution in [3.63, 3.8) is 0 Å². The van der Waals surface area contributed by atoms with Gasteiger partial charge in [0.25, 0.3) is 0 Å². The molecule has 0 bridgehead atoms. The zero-order valence-electron chi connectivity index (χ0n) is 11.0. The second-order valence-electron chi connectivity index (χ2n) is 4.55. The molecule has 1 atom stereocenters. The Kier molecular flexibility index (Phi) is 4.10. The number of hydrogen-bond donors (Lipinski definition) is 1. The summed E-state index contributed by atoms with van der Waals surface area (Å²) in [5.41, 5.74) is 8.14. The fourth-order valence-corrected chi connectivity index (χ4v) is 2.05. The van der Waals surface area contributed by atoms with Crippen LogP contribution in [0.25, 0.3) is 0 Å². The number of rotatable bonds is 5. The molecule has 2 aromatic heterocycles. The predicted molar refractivity (Wildman–Crippen MR) is 72.1 cm³/mol. The van der Waals surface area contributed by atoms with Crippen LogP contribution in [-0.4, -0.2) is 14.5 Å². The first-order chi connectivity index (χ1) is 8.70. The molecule has 0 saturated heterocycles. The van der Waals surface area contributed by atoms with Crippen molar-refractivity contribution < 1.29 is 0 Å². The molecule has 0 amide bonds. The molecule has 0 spiro atoms. The van der Waals surface area contributed by atoms with E-state index >= 15 is 0 Å². The van der Waals surface area contributed by atoms with Gasteiger partial charge in [-0.1, -0.05) is 13.0 Å². The third-order valence-corrected chi connectivity index (χ3v) is 2.96. The molecule has 2 aromatic rings. The van der Waals surface area contributed by atoms with Crippen LogP contribution in [0.5, 0.6) is 0 Å². The van der Waals surface area contributed by atoms with Crippen LogP contribution in [0.15, 0.2) is 30.6 Å². The molecule has 0 aliphatic heterocycles. The maximum absolute atomic E-state index is 6.20. The molecule has 4 nitrogen and oxygen atoms in total. The van der Waals surface area contributed by atoms with E-state index in [2.05, 4.69) is 21.5 Å². The van der Waals surface area contributed by atoms with Crippen molar-refractivity contribution in [2.45, 2.75) is 39.3 Å². The molecule has 2 heterocycles. The molecule has 4 heteroatoms. The Morgan fingerprint density at radius 3 is 2.94 bits per heavy atom. The third-order valence-electron chi connectivity index (χ3n) is 2.96. The minimum atomic E-state index is -0.0945. The standard InChI is InChI=1S/C14H20N4/c1-3-8-18-9-7-16-14(18)10-12(15)13-6-4-5-11(2)17-13/h4-7,9,12H,3,8,10,15H2,1-2H3. The molecule has 2 rings (SSSR count). The summed E-state index contributed by atoms with van der Waals surface area (Å²) in [6.45, 7) is 5.13. The average Bonchev–Trinajstić information content (AvgIpc) is 2.77. The van der Waals surface area contributed by atoms with Crippen molar-refractivity contribution in [1.29, 1.82) is 0 Å². The molecule has 2 N–H and O–H groups in total. The van der Waals surface area contributed by atoms with Crippen LogP contribution >= 0.6 is 0 Å². The van der Waals surface area contributed by atoms with Crippen molar-refractivity contribution in [3.8, 4) is 0 Å². The zero-order valence-corrected chi connectivity index (χ0v) is 11.0. The van der Waals surface area contributed by atoms with Crippen LogP contribution in [0, 0.1) is 6.92 Å². The minimum Gasteiger partial charge on any atom is -0.335 e. The van der Waals surface area contributed by atoms with Crippen LogP contribution in [0.3, 0.4) is 0 Å². The second kappa shape index (κ2) is 5.78. The van der Waals surface area contributed by atoms with Crippen LogP contribution in [0.4, 0.5) is 0 Å². The molecule has 0 aliphatic rings. The summed E-state index contributed by atoms with van der Waals surface area (Å²) in [5, 5.41) is 0. The van der Waals surface area contributed by atoms with Gasteiger partial charge in [0.05, 0.1) is 11.7 Å². The first-order valence-electron chi connectivity index (χ1n) is 6.40. The van der Waals surface area contributed by atoms with Crippen LogP contribution in [-0.2, 0) is 13.0 Å². The van der Waals surface area contributed by atoms with Gasteiger partial charge in [-0.15, -0.1) is 0 Å². The molecular formula is C14H20N4. The summed E-state index contributed by atoms with van der Waals surface area (Å²) in [6.07, 6.45) is 5.67. The van der Waals surface area contributed by atoms with Crippen molar-refractivity contribution in [1.82, 2.24) is 14.5 Å². The lowest BCUT2D eigenvalue weighted by atomic mass is 10.1. The summed E-state index contributed by atoms with van der Waals surface area (Å²) in [6, 6.07) is 5.86. The number of hydrogen-bond acceptors (Lipinski definition) is 3. The van der Waals surface area contributed by atoms with Crippen LogP contribution < -0.4 is 5.73 Å². The Balaban J connectivity index is 2.11. The van der Waals surface area contributed by atoms with Gasteiger partial charge in [0, 0.05) is 31.1 Å². The summed E-state index contributed by atoms with van der Waals surface area (Å²) in [4.78, 5) is 8.85. The lowest BCUT2D eigenvalue weighted by molar-refractivity contribution is 0.591. The number of aryl methyl sites for hydroxylation is 2. The van der Waals surface area contributed by atoms with Gasteiger partial charge in [-0.3, -0.25) is 4.98 Å². The number of nitrogens with two attached hydrogens (primary N) is 1. The van der Waals surface area contributed by atoms with Gasteiger partial charge in [-0.2, -0.15) is 0 Å². The van der Waals surface area contributed by atoms with E-state index in [1.165, 1.54) is 0 Å². The highest BCUT2D eigenvalue weighted by atomic mass is 15.1. The SMILES string of the molecule is CCCn1ccnc1CC(N)c1cccc(C)n1. The summed E-state index contributed by atoms with van der Waals surface area (Å²) >= 11 is 0. The van der Waals surface area contributed by atoms with Gasteiger partial charge in [0.2, 0.25) is 0 Å². The van der Waals surface area contributed by atoms with Gasteiger partial charge in [0.15, 0.2) is 0 Å². The van der Waals surface area contributed by atoms with Crippen LogP contribution in [0.2, 0.25) is 0 Å². The topological polar surface area (TPSA) is 56.7 Å². The zero-order chi connectivity index (χ0) is 13.0. The van der Waals surface area contributed by atoms with Crippen molar-refractivity contribution >= 4 is 0 Å². The highest BCUT2D eigenvalue weighted by Crippen LogP contribution is 2.14. The molecule has 0 saturated carbocycles. The molecule has 0 aromatic carbocycles. The maximum atomic E-state index is 6.20. The van der Waals surface area contributed by atoms with E-state index in [0.29, 0.717) is 0 Å². The fourth-order valence-electron chi connectivity index (χ4n) is 2.05. The van der Waals surface area contributed by atoms with E-state index in [9.17, 15) is 0 Å². The maximum Gasteiger partial charge on any atom is 0.110 e. The third kappa shape index (κ3) is 2.96. The van der Waals surface area contributed by atoms with Crippen LogP contribution in [0.1, 0.15) is 36.6 Å². The first kappa shape index (κ1) is 12.8. The highest BCUT2D eigenvalue weighted by molar-refractivity contribution is 5.14. The summed E-state index contributed by atoms with van der Waals surface area (Å²) in [7, 11) is 0. The van der Waals surface area contributed by atoms with E-state index in [1.54, 1.807) is 0 Å². The predicted octanol–water partition coefficient (Wildman–Crippen LogP) is 2.24. The summed E-state index contributed by atoms with van der Waals surface area (Å²) in [5.74, 6) is 1.03. The molecule has 0 radical (unpaired) electrons. The Labute approximate surface area is 108 Å². The smallest absolute Gasteiger partial charge is 0.110 e. The van der Waals surface area contributed by atoms with E-state index in [1.807, 2.05) is 37.5 Å². The van der Waals surface area contributed by atoms with Gasteiger partial charge in [0.1, 0.15) is 5.82 Å². The Hall–Kier alpha value is -1.68. The van der Waals surface area contributed by atoms with E-state index in [4.69, 9.17) is 5.73 Å². The molecule has 0 aliphatic carbocycles. The number of nitrogens with zero attached hydrogens (tertiary/aromatic N) is 3. The quantitative estimate of drug-likeness (QED) is 0.877. The minimum absolute atomic E-state index is 0.0945. The Bertz CT molecular complexity index is 504. The number of imidazole rings is 1. The first-order valence-corrected chi connectivity index (χ1v) is 6.40. The van der Waals surface area contributed by atoms with E-state index in [0.717, 1.165) is 36.6 Å². The second-order valence-corrected chi connectivity index (χ2v) is 4.55. The van der Waals surface area contributed by atoms with Gasteiger partial charge in [-0.05, 0) is 25.5 Å². The normalized spacial score (nSPS) is 12.6. The molecule has 0 fully saturated rings. The number of pyridine rings is 1. The van der Waals surface area contributed by atoms with E-state index < -0.39 is 0 Å². The molecule has 96 valence electrons. The van der Waals surface area contributed by atoms with Crippen molar-refractivity contribution in [2.75, 3.05) is 0 Å². The number of aromatic nitrogens is 3. The molecular weight excluding hydrogens is 224 g/mol.